The summed E-state index contributed by atoms with van der Waals surface area (Å²) in [6.45, 7) is 1.99. The molecule has 2 fully saturated rings. The number of hydrogen-bond acceptors (Lipinski definition) is 6. The van der Waals surface area contributed by atoms with Crippen LogP contribution >= 0.6 is 0 Å². The van der Waals surface area contributed by atoms with Gasteiger partial charge in [0.2, 0.25) is 0 Å². The molecule has 1 aromatic carbocycles. The van der Waals surface area contributed by atoms with Gasteiger partial charge in [-0.2, -0.15) is 5.10 Å². The van der Waals surface area contributed by atoms with E-state index in [9.17, 15) is 0 Å². The van der Waals surface area contributed by atoms with E-state index in [4.69, 9.17) is 14.8 Å². The Labute approximate surface area is 186 Å². The highest BCUT2D eigenvalue weighted by molar-refractivity contribution is 5.73. The summed E-state index contributed by atoms with van der Waals surface area (Å²) in [5.74, 6) is 2.17. The van der Waals surface area contributed by atoms with E-state index in [-0.39, 0.29) is 0 Å². The number of pyridine rings is 1. The van der Waals surface area contributed by atoms with Gasteiger partial charge in [-0.05, 0) is 49.1 Å². The van der Waals surface area contributed by atoms with Crippen LogP contribution in [0.4, 0.5) is 5.82 Å². The van der Waals surface area contributed by atoms with Crippen LogP contribution in [-0.4, -0.2) is 45.8 Å². The molecule has 1 saturated carbocycles. The minimum atomic E-state index is 0.382. The first-order valence-corrected chi connectivity index (χ1v) is 11.3. The molecule has 7 heteroatoms. The van der Waals surface area contributed by atoms with Crippen molar-refractivity contribution in [3.63, 3.8) is 0 Å². The Kier molecular flexibility index (Phi) is 4.76. The van der Waals surface area contributed by atoms with Crippen LogP contribution in [0.5, 0.6) is 5.75 Å². The lowest BCUT2D eigenvalue weighted by Crippen LogP contribution is -2.22. The molecule has 2 N–H and O–H groups in total. The maximum atomic E-state index is 5.59. The second-order valence-corrected chi connectivity index (χ2v) is 8.61. The van der Waals surface area contributed by atoms with Gasteiger partial charge in [0.15, 0.2) is 5.65 Å². The third kappa shape index (κ3) is 3.58. The number of aromatic nitrogens is 4. The molecule has 6 rings (SSSR count). The highest BCUT2D eigenvalue weighted by atomic mass is 16.5. The number of methoxy groups -OCH3 is 1. The third-order valence-corrected chi connectivity index (χ3v) is 6.28. The van der Waals surface area contributed by atoms with Gasteiger partial charge in [-0.25, -0.2) is 14.5 Å². The van der Waals surface area contributed by atoms with Gasteiger partial charge >= 0.3 is 0 Å². The summed E-state index contributed by atoms with van der Waals surface area (Å²) in [7, 11) is 1.70. The second kappa shape index (κ2) is 7.91. The van der Waals surface area contributed by atoms with Crippen molar-refractivity contribution in [1.29, 1.82) is 0 Å². The molecule has 1 atom stereocenters. The van der Waals surface area contributed by atoms with Crippen LogP contribution < -0.4 is 15.4 Å². The summed E-state index contributed by atoms with van der Waals surface area (Å²) >= 11 is 0. The summed E-state index contributed by atoms with van der Waals surface area (Å²) in [6, 6.07) is 17.0. The average molecular weight is 427 g/mol. The summed E-state index contributed by atoms with van der Waals surface area (Å²) in [5, 5.41) is 12.0. The van der Waals surface area contributed by atoms with Gasteiger partial charge in [0.1, 0.15) is 23.0 Å². The van der Waals surface area contributed by atoms with Crippen molar-refractivity contribution in [3.05, 3.63) is 60.4 Å². The van der Waals surface area contributed by atoms with E-state index < -0.39 is 0 Å². The van der Waals surface area contributed by atoms with Gasteiger partial charge in [-0.15, -0.1) is 0 Å². The van der Waals surface area contributed by atoms with Crippen LogP contribution in [0.2, 0.25) is 0 Å². The zero-order valence-corrected chi connectivity index (χ0v) is 18.1. The summed E-state index contributed by atoms with van der Waals surface area (Å²) < 4.78 is 7.50. The van der Waals surface area contributed by atoms with E-state index in [0.717, 1.165) is 77.8 Å². The predicted octanol–water partition coefficient (Wildman–Crippen LogP) is 4.12. The molecule has 1 saturated heterocycles. The van der Waals surface area contributed by atoms with Crippen LogP contribution in [0, 0.1) is 0 Å². The molecular weight excluding hydrogens is 400 g/mol. The van der Waals surface area contributed by atoms with Crippen LogP contribution in [0.15, 0.2) is 54.7 Å². The number of rotatable bonds is 6. The molecule has 1 aliphatic carbocycles. The number of hydrogen-bond donors (Lipinski definition) is 2. The van der Waals surface area contributed by atoms with Crippen molar-refractivity contribution >= 4 is 11.5 Å². The summed E-state index contributed by atoms with van der Waals surface area (Å²) in [4.78, 5) is 9.59. The van der Waals surface area contributed by atoms with Crippen molar-refractivity contribution in [2.75, 3.05) is 25.5 Å². The fourth-order valence-corrected chi connectivity index (χ4v) is 4.41. The molecule has 3 aromatic heterocycles. The first-order valence-electron chi connectivity index (χ1n) is 11.3. The highest BCUT2D eigenvalue weighted by Gasteiger charge is 2.30. The largest absolute Gasteiger partial charge is 0.495 e. The molecule has 0 radical (unpaired) electrons. The van der Waals surface area contributed by atoms with Gasteiger partial charge in [-0.3, -0.25) is 0 Å². The van der Waals surface area contributed by atoms with Gasteiger partial charge < -0.3 is 15.4 Å². The van der Waals surface area contributed by atoms with Gasteiger partial charge in [0, 0.05) is 24.6 Å². The van der Waals surface area contributed by atoms with Crippen LogP contribution in [0.25, 0.3) is 28.2 Å². The van der Waals surface area contributed by atoms with Crippen LogP contribution in [0.3, 0.4) is 0 Å². The minimum Gasteiger partial charge on any atom is -0.495 e. The third-order valence-electron chi connectivity index (χ3n) is 6.28. The molecule has 4 aromatic rings. The number of fused-ring (bicyclic) bond motifs is 1. The Hall–Kier alpha value is -3.45. The molecule has 7 nitrogen and oxygen atoms in total. The lowest BCUT2D eigenvalue weighted by Gasteiger charge is -2.15. The smallest absolute Gasteiger partial charge is 0.157 e. The normalized spacial score (nSPS) is 18.2. The lowest BCUT2D eigenvalue weighted by molar-refractivity contribution is 0.405. The van der Waals surface area contributed by atoms with E-state index in [1.165, 1.54) is 0 Å². The van der Waals surface area contributed by atoms with Crippen molar-refractivity contribution < 1.29 is 4.74 Å². The van der Waals surface area contributed by atoms with E-state index in [1.54, 1.807) is 7.11 Å². The zero-order chi connectivity index (χ0) is 21.5. The summed E-state index contributed by atoms with van der Waals surface area (Å²) in [6.07, 6.45) is 5.26. The quantitative estimate of drug-likeness (QED) is 0.483. The van der Waals surface area contributed by atoms with Crippen molar-refractivity contribution in [2.45, 2.75) is 31.2 Å². The van der Waals surface area contributed by atoms with E-state index in [0.29, 0.717) is 12.0 Å². The summed E-state index contributed by atoms with van der Waals surface area (Å²) in [5.41, 5.74) is 5.79. The lowest BCUT2D eigenvalue weighted by atomic mass is 10.0. The molecule has 162 valence electrons. The highest BCUT2D eigenvalue weighted by Crippen LogP contribution is 2.43. The molecule has 1 aliphatic heterocycles. The number of benzene rings is 1. The second-order valence-electron chi connectivity index (χ2n) is 8.61. The van der Waals surface area contributed by atoms with Crippen molar-refractivity contribution in [1.82, 2.24) is 24.9 Å². The molecule has 32 heavy (non-hydrogen) atoms. The Balaban J connectivity index is 1.48. The number of ether oxygens (including phenoxy) is 1. The fraction of sp³-hybridized carbons (Fsp3) is 0.320. The predicted molar refractivity (Wildman–Crippen MR) is 125 cm³/mol. The Morgan fingerprint density at radius 1 is 1.06 bits per heavy atom. The van der Waals surface area contributed by atoms with E-state index in [1.807, 2.05) is 22.8 Å². The first-order chi connectivity index (χ1) is 15.8. The number of imidazole rings is 1. The standard InChI is InChI=1S/C25H26N6O/c1-32-22-13-24-27-15-21(31(24)30-25(22)17-7-8-17)20-11-18(16-5-3-2-4-6-16)12-23(29-20)28-19-9-10-26-14-19/h2-6,11-13,15,17,19,26H,7-10,14H2,1H3,(H,28,29)/t19-/m1/s1. The van der Waals surface area contributed by atoms with Crippen LogP contribution in [0.1, 0.15) is 30.9 Å². The Bertz CT molecular complexity index is 1260. The Morgan fingerprint density at radius 3 is 2.69 bits per heavy atom. The van der Waals surface area contributed by atoms with E-state index in [2.05, 4.69) is 52.0 Å². The molecule has 0 unspecified atom stereocenters. The van der Waals surface area contributed by atoms with Crippen molar-refractivity contribution in [3.8, 4) is 28.3 Å². The van der Waals surface area contributed by atoms with E-state index >= 15 is 0 Å². The molecular formula is C25H26N6O. The SMILES string of the molecule is COc1cc2ncc(-c3cc(-c4ccccc4)cc(N[C@@H]4CCNC4)n3)n2nc1C1CC1. The number of nitrogens with one attached hydrogen (secondary N) is 2. The van der Waals surface area contributed by atoms with Gasteiger partial charge in [-0.1, -0.05) is 30.3 Å². The molecule has 4 heterocycles. The zero-order valence-electron chi connectivity index (χ0n) is 18.1. The maximum absolute atomic E-state index is 5.59. The van der Waals surface area contributed by atoms with Crippen molar-refractivity contribution in [2.24, 2.45) is 0 Å². The maximum Gasteiger partial charge on any atom is 0.157 e. The minimum absolute atomic E-state index is 0.382. The van der Waals surface area contributed by atoms with Gasteiger partial charge in [0.25, 0.3) is 0 Å². The molecule has 2 aliphatic rings. The monoisotopic (exact) mass is 426 g/mol. The number of anilines is 1. The van der Waals surface area contributed by atoms with Crippen LogP contribution in [-0.2, 0) is 0 Å². The molecule has 0 amide bonds. The van der Waals surface area contributed by atoms with Gasteiger partial charge in [0.05, 0.1) is 19.0 Å². The fourth-order valence-electron chi connectivity index (χ4n) is 4.41. The topological polar surface area (TPSA) is 76.4 Å². The molecule has 0 bridgehead atoms. The molecule has 0 spiro atoms. The Morgan fingerprint density at radius 2 is 1.94 bits per heavy atom. The average Bonchev–Trinajstić information content (AvgIpc) is 3.40. The first kappa shape index (κ1) is 19.3. The number of nitrogens with zero attached hydrogens (tertiary/aromatic N) is 4.